The molecule has 0 aromatic carbocycles. The van der Waals surface area contributed by atoms with E-state index in [2.05, 4.69) is 5.32 Å². The van der Waals surface area contributed by atoms with E-state index in [1.807, 2.05) is 19.1 Å². The minimum absolute atomic E-state index is 0.282. The van der Waals surface area contributed by atoms with Crippen molar-refractivity contribution in [3.63, 3.8) is 0 Å². The van der Waals surface area contributed by atoms with Gasteiger partial charge in [-0.25, -0.2) is 4.39 Å². The minimum atomic E-state index is -0.633. The van der Waals surface area contributed by atoms with Crippen molar-refractivity contribution in [3.05, 3.63) is 12.2 Å². The molecule has 1 aliphatic heterocycles. The van der Waals surface area contributed by atoms with E-state index < -0.39 is 6.17 Å². The number of rotatable bonds is 1. The molecule has 1 fully saturated rings. The van der Waals surface area contributed by atoms with E-state index in [4.69, 9.17) is 0 Å². The van der Waals surface area contributed by atoms with Crippen molar-refractivity contribution in [2.24, 2.45) is 0 Å². The molecule has 0 spiro atoms. The third-order valence-corrected chi connectivity index (χ3v) is 1.54. The van der Waals surface area contributed by atoms with Gasteiger partial charge < -0.3 is 5.32 Å². The second-order valence-corrected chi connectivity index (χ2v) is 2.37. The quantitative estimate of drug-likeness (QED) is 0.525. The summed E-state index contributed by atoms with van der Waals surface area (Å²) in [6.07, 6.45) is 3.96. The number of hydrogen-bond donors (Lipinski definition) is 1. The van der Waals surface area contributed by atoms with E-state index in [-0.39, 0.29) is 6.04 Å². The lowest BCUT2D eigenvalue weighted by Gasteiger charge is -1.99. The average Bonchev–Trinajstić information content (AvgIpc) is 2.17. The summed E-state index contributed by atoms with van der Waals surface area (Å²) in [7, 11) is 0. The smallest absolute Gasteiger partial charge is 0.114 e. The molecule has 1 heterocycles. The first-order valence-corrected chi connectivity index (χ1v) is 3.33. The molecule has 0 aromatic heterocycles. The van der Waals surface area contributed by atoms with Crippen LogP contribution in [0.15, 0.2) is 12.2 Å². The van der Waals surface area contributed by atoms with Gasteiger partial charge in [-0.15, -0.1) is 0 Å². The predicted octanol–water partition coefficient (Wildman–Crippen LogP) is 1.26. The normalized spacial score (nSPS) is 36.2. The second kappa shape index (κ2) is 2.97. The number of hydrogen-bond acceptors (Lipinski definition) is 1. The number of alkyl halides is 1. The molecule has 0 radical (unpaired) electrons. The first-order valence-electron chi connectivity index (χ1n) is 3.33. The summed E-state index contributed by atoms with van der Waals surface area (Å²) in [5.74, 6) is 0. The Morgan fingerprint density at radius 1 is 1.67 bits per heavy atom. The van der Waals surface area contributed by atoms with E-state index >= 15 is 0 Å². The lowest BCUT2D eigenvalue weighted by molar-refractivity contribution is 0.358. The molecule has 9 heavy (non-hydrogen) atoms. The van der Waals surface area contributed by atoms with Crippen LogP contribution < -0.4 is 5.32 Å². The molecule has 0 unspecified atom stereocenters. The minimum Gasteiger partial charge on any atom is -0.308 e. The van der Waals surface area contributed by atoms with Crippen LogP contribution in [0, 0.1) is 0 Å². The third kappa shape index (κ3) is 1.79. The van der Waals surface area contributed by atoms with E-state index in [1.165, 1.54) is 0 Å². The molecule has 0 amide bonds. The molecule has 1 aliphatic rings. The van der Waals surface area contributed by atoms with Crippen LogP contribution in [-0.4, -0.2) is 18.8 Å². The molecule has 1 saturated heterocycles. The third-order valence-electron chi connectivity index (χ3n) is 1.54. The van der Waals surface area contributed by atoms with Gasteiger partial charge >= 0.3 is 0 Å². The van der Waals surface area contributed by atoms with Crippen LogP contribution in [0.3, 0.4) is 0 Å². The van der Waals surface area contributed by atoms with Gasteiger partial charge in [0.1, 0.15) is 6.17 Å². The summed E-state index contributed by atoms with van der Waals surface area (Å²) in [5, 5.41) is 3.05. The van der Waals surface area contributed by atoms with Gasteiger partial charge in [-0.1, -0.05) is 12.2 Å². The van der Waals surface area contributed by atoms with Crippen LogP contribution in [0.25, 0.3) is 0 Å². The van der Waals surface area contributed by atoms with Crippen LogP contribution in [0.5, 0.6) is 0 Å². The Balaban J connectivity index is 2.30. The zero-order valence-corrected chi connectivity index (χ0v) is 5.60. The Morgan fingerprint density at radius 3 is 2.89 bits per heavy atom. The summed E-state index contributed by atoms with van der Waals surface area (Å²) in [6.45, 7) is 2.47. The summed E-state index contributed by atoms with van der Waals surface area (Å²) in [6, 6.07) is 0.282. The molecule has 0 aromatic rings. The summed E-state index contributed by atoms with van der Waals surface area (Å²) in [4.78, 5) is 0. The van der Waals surface area contributed by atoms with Crippen molar-refractivity contribution in [1.82, 2.24) is 5.32 Å². The van der Waals surface area contributed by atoms with Gasteiger partial charge in [0.2, 0.25) is 0 Å². The van der Waals surface area contributed by atoms with E-state index in [0.29, 0.717) is 13.0 Å². The lowest BCUT2D eigenvalue weighted by atomic mass is 10.2. The average molecular weight is 129 g/mol. The molecule has 2 atom stereocenters. The van der Waals surface area contributed by atoms with Gasteiger partial charge in [0.05, 0.1) is 0 Å². The Kier molecular flexibility index (Phi) is 2.22. The number of allylic oxidation sites excluding steroid dienone is 1. The molecule has 1 rings (SSSR count). The van der Waals surface area contributed by atoms with Crippen LogP contribution in [0.4, 0.5) is 4.39 Å². The maximum Gasteiger partial charge on any atom is 0.114 e. The Bertz CT molecular complexity index is 111. The molecule has 1 nitrogen and oxygen atoms in total. The second-order valence-electron chi connectivity index (χ2n) is 2.37. The summed E-state index contributed by atoms with van der Waals surface area (Å²) >= 11 is 0. The monoisotopic (exact) mass is 129 g/mol. The van der Waals surface area contributed by atoms with Crippen LogP contribution >= 0.6 is 0 Å². The molecular formula is C7H12FN. The topological polar surface area (TPSA) is 12.0 Å². The Labute approximate surface area is 54.9 Å². The van der Waals surface area contributed by atoms with Crippen molar-refractivity contribution >= 4 is 0 Å². The molecular weight excluding hydrogens is 117 g/mol. The summed E-state index contributed by atoms with van der Waals surface area (Å²) < 4.78 is 12.4. The number of halogens is 1. The fourth-order valence-corrected chi connectivity index (χ4v) is 1.10. The van der Waals surface area contributed by atoms with E-state index in [9.17, 15) is 4.39 Å². The highest BCUT2D eigenvalue weighted by Gasteiger charge is 2.20. The largest absolute Gasteiger partial charge is 0.308 e. The Morgan fingerprint density at radius 2 is 2.44 bits per heavy atom. The SMILES string of the molecule is C/C=C/[C@@H]1C[C@@H](F)CN1. The predicted molar refractivity (Wildman–Crippen MR) is 36.1 cm³/mol. The molecule has 0 saturated carbocycles. The maximum atomic E-state index is 12.4. The highest BCUT2D eigenvalue weighted by Crippen LogP contribution is 2.10. The Hall–Kier alpha value is -0.370. The van der Waals surface area contributed by atoms with Crippen LogP contribution in [0.2, 0.25) is 0 Å². The molecule has 0 bridgehead atoms. The van der Waals surface area contributed by atoms with Crippen LogP contribution in [-0.2, 0) is 0 Å². The molecule has 52 valence electrons. The van der Waals surface area contributed by atoms with Crippen molar-refractivity contribution < 1.29 is 4.39 Å². The van der Waals surface area contributed by atoms with Crippen molar-refractivity contribution in [1.29, 1.82) is 0 Å². The first-order chi connectivity index (χ1) is 4.33. The number of nitrogens with one attached hydrogen (secondary N) is 1. The van der Waals surface area contributed by atoms with Gasteiger partial charge in [0.25, 0.3) is 0 Å². The highest BCUT2D eigenvalue weighted by atomic mass is 19.1. The van der Waals surface area contributed by atoms with Gasteiger partial charge in [-0.3, -0.25) is 0 Å². The van der Waals surface area contributed by atoms with Crippen molar-refractivity contribution in [2.45, 2.75) is 25.6 Å². The molecule has 1 N–H and O–H groups in total. The summed E-state index contributed by atoms with van der Waals surface area (Å²) in [5.41, 5.74) is 0. The fourth-order valence-electron chi connectivity index (χ4n) is 1.10. The zero-order chi connectivity index (χ0) is 6.69. The molecule has 0 aliphatic carbocycles. The van der Waals surface area contributed by atoms with Crippen molar-refractivity contribution in [2.75, 3.05) is 6.54 Å². The van der Waals surface area contributed by atoms with Gasteiger partial charge in [0, 0.05) is 12.6 Å². The lowest BCUT2D eigenvalue weighted by Crippen LogP contribution is -2.18. The van der Waals surface area contributed by atoms with Crippen LogP contribution in [0.1, 0.15) is 13.3 Å². The highest BCUT2D eigenvalue weighted by molar-refractivity contribution is 4.96. The van der Waals surface area contributed by atoms with Gasteiger partial charge in [0.15, 0.2) is 0 Å². The zero-order valence-electron chi connectivity index (χ0n) is 5.60. The first kappa shape index (κ1) is 6.75. The van der Waals surface area contributed by atoms with Crippen molar-refractivity contribution in [3.8, 4) is 0 Å². The fraction of sp³-hybridized carbons (Fsp3) is 0.714. The standard InChI is InChI=1S/C7H12FN/c1-2-3-7-4-6(8)5-9-7/h2-3,6-7,9H,4-5H2,1H3/b3-2+/t6-,7-/m1/s1. The maximum absolute atomic E-state index is 12.4. The van der Waals surface area contributed by atoms with E-state index in [1.54, 1.807) is 0 Å². The van der Waals surface area contributed by atoms with E-state index in [0.717, 1.165) is 0 Å². The molecule has 2 heteroatoms. The van der Waals surface area contributed by atoms with Gasteiger partial charge in [-0.2, -0.15) is 0 Å². The van der Waals surface area contributed by atoms with Gasteiger partial charge in [-0.05, 0) is 13.3 Å².